The highest BCUT2D eigenvalue weighted by molar-refractivity contribution is 5.69. The normalized spacial score (nSPS) is 20.4. The van der Waals surface area contributed by atoms with Crippen molar-refractivity contribution in [2.75, 3.05) is 0 Å². The van der Waals surface area contributed by atoms with Gasteiger partial charge in [-0.3, -0.25) is 0 Å². The van der Waals surface area contributed by atoms with Crippen LogP contribution in [0.4, 0.5) is 0 Å². The van der Waals surface area contributed by atoms with Crippen LogP contribution in [-0.2, 0) is 0 Å². The van der Waals surface area contributed by atoms with Crippen molar-refractivity contribution in [1.29, 1.82) is 0 Å². The molecule has 0 heteroatoms. The van der Waals surface area contributed by atoms with Crippen molar-refractivity contribution in [3.8, 4) is 0 Å². The summed E-state index contributed by atoms with van der Waals surface area (Å²) in [5.74, 6) is 0.740. The molecule has 16 heavy (non-hydrogen) atoms. The van der Waals surface area contributed by atoms with Gasteiger partial charge in [-0.25, -0.2) is 0 Å². The Kier molecular flexibility index (Phi) is 3.28. The third kappa shape index (κ3) is 2.44. The predicted octanol–water partition coefficient (Wildman–Crippen LogP) is 4.92. The van der Waals surface area contributed by atoms with E-state index in [1.807, 2.05) is 0 Å². The van der Waals surface area contributed by atoms with Crippen molar-refractivity contribution >= 4 is 11.1 Å². The molecule has 1 aromatic carbocycles. The van der Waals surface area contributed by atoms with Crippen LogP contribution < -0.4 is 0 Å². The van der Waals surface area contributed by atoms with Gasteiger partial charge in [-0.1, -0.05) is 49.4 Å². The quantitative estimate of drug-likeness (QED) is 0.652. The summed E-state index contributed by atoms with van der Waals surface area (Å²) in [4.78, 5) is 0. The molecular formula is C16H20. The molecule has 1 aliphatic rings. The van der Waals surface area contributed by atoms with Gasteiger partial charge in [0.25, 0.3) is 0 Å². The van der Waals surface area contributed by atoms with Crippen LogP contribution in [0.5, 0.6) is 0 Å². The predicted molar refractivity (Wildman–Crippen MR) is 72.1 cm³/mol. The van der Waals surface area contributed by atoms with Gasteiger partial charge >= 0.3 is 0 Å². The first-order valence-corrected chi connectivity index (χ1v) is 6.14. The van der Waals surface area contributed by atoms with Crippen molar-refractivity contribution < 1.29 is 0 Å². The van der Waals surface area contributed by atoms with Gasteiger partial charge < -0.3 is 0 Å². The summed E-state index contributed by atoms with van der Waals surface area (Å²) in [5.41, 5.74) is 5.29. The van der Waals surface area contributed by atoms with Crippen molar-refractivity contribution in [3.05, 3.63) is 48.0 Å². The van der Waals surface area contributed by atoms with Gasteiger partial charge in [0.05, 0.1) is 0 Å². The molecule has 0 radical (unpaired) electrons. The Hall–Kier alpha value is -1.30. The molecule has 0 saturated heterocycles. The molecule has 84 valence electrons. The third-order valence-electron chi connectivity index (χ3n) is 3.34. The summed E-state index contributed by atoms with van der Waals surface area (Å²) < 4.78 is 0. The second-order valence-electron chi connectivity index (χ2n) is 4.92. The Morgan fingerprint density at radius 1 is 1.25 bits per heavy atom. The van der Waals surface area contributed by atoms with Crippen molar-refractivity contribution in [2.24, 2.45) is 5.92 Å². The molecule has 0 aromatic heterocycles. The first-order valence-electron chi connectivity index (χ1n) is 6.14. The molecule has 2 rings (SSSR count). The maximum Gasteiger partial charge on any atom is -0.0227 e. The van der Waals surface area contributed by atoms with Crippen LogP contribution in [0.1, 0.15) is 44.2 Å². The van der Waals surface area contributed by atoms with E-state index in [1.54, 1.807) is 0 Å². The molecule has 0 heterocycles. The number of rotatable bonds is 2. The van der Waals surface area contributed by atoms with Crippen LogP contribution in [0.2, 0.25) is 0 Å². The lowest BCUT2D eigenvalue weighted by molar-refractivity contribution is 0.593. The zero-order valence-corrected chi connectivity index (χ0v) is 10.3. The lowest BCUT2D eigenvalue weighted by Gasteiger charge is -2.18. The van der Waals surface area contributed by atoms with Gasteiger partial charge in [-0.05, 0) is 48.8 Å². The van der Waals surface area contributed by atoms with Gasteiger partial charge in [0, 0.05) is 0 Å². The first kappa shape index (κ1) is 11.2. The molecule has 0 amide bonds. The zero-order valence-electron chi connectivity index (χ0n) is 10.3. The number of hydrogen-bond donors (Lipinski definition) is 0. The molecule has 1 aliphatic carbocycles. The summed E-state index contributed by atoms with van der Waals surface area (Å²) in [6.45, 7) is 8.32. The van der Waals surface area contributed by atoms with Gasteiger partial charge in [-0.15, -0.1) is 0 Å². The van der Waals surface area contributed by atoms with Crippen molar-refractivity contribution in [3.63, 3.8) is 0 Å². The largest absolute Gasteiger partial charge is 0.0955 e. The fraction of sp³-hybridized carbons (Fsp3) is 0.375. The number of benzene rings is 1. The lowest BCUT2D eigenvalue weighted by Crippen LogP contribution is -2.00. The highest BCUT2D eigenvalue weighted by atomic mass is 14.2. The van der Waals surface area contributed by atoms with Gasteiger partial charge in [0.2, 0.25) is 0 Å². The van der Waals surface area contributed by atoms with Crippen molar-refractivity contribution in [2.45, 2.75) is 33.1 Å². The summed E-state index contributed by atoms with van der Waals surface area (Å²) >= 11 is 0. The van der Waals surface area contributed by atoms with Gasteiger partial charge in [0.15, 0.2) is 0 Å². The molecule has 0 nitrogen and oxygen atoms in total. The van der Waals surface area contributed by atoms with E-state index in [1.165, 1.54) is 36.0 Å². The van der Waals surface area contributed by atoms with E-state index in [2.05, 4.69) is 50.8 Å². The highest BCUT2D eigenvalue weighted by Gasteiger charge is 2.10. The monoisotopic (exact) mass is 212 g/mol. The summed E-state index contributed by atoms with van der Waals surface area (Å²) in [7, 11) is 0. The molecule has 0 bridgehead atoms. The standard InChI is InChI=1S/C16H20/c1-12(2)14-7-9-15(10-8-14)16-6-4-5-13(3)11-16/h7-11,13H,1,4-6H2,2-3H3. The first-order chi connectivity index (χ1) is 7.66. The maximum absolute atomic E-state index is 3.96. The van der Waals surface area contributed by atoms with Gasteiger partial charge in [-0.2, -0.15) is 0 Å². The summed E-state index contributed by atoms with van der Waals surface area (Å²) in [6.07, 6.45) is 6.33. The smallest absolute Gasteiger partial charge is 0.0227 e. The van der Waals surface area contributed by atoms with Crippen LogP contribution in [0.15, 0.2) is 36.9 Å². The number of allylic oxidation sites excluding steroid dienone is 3. The summed E-state index contributed by atoms with van der Waals surface area (Å²) in [5, 5.41) is 0. The fourth-order valence-corrected chi connectivity index (χ4v) is 2.33. The van der Waals surface area contributed by atoms with Gasteiger partial charge in [0.1, 0.15) is 0 Å². The minimum Gasteiger partial charge on any atom is -0.0955 e. The highest BCUT2D eigenvalue weighted by Crippen LogP contribution is 2.30. The van der Waals surface area contributed by atoms with Crippen LogP contribution in [0.3, 0.4) is 0 Å². The molecule has 0 spiro atoms. The molecule has 1 unspecified atom stereocenters. The second-order valence-corrected chi connectivity index (χ2v) is 4.92. The molecule has 1 atom stereocenters. The van der Waals surface area contributed by atoms with E-state index in [9.17, 15) is 0 Å². The average molecular weight is 212 g/mol. The van der Waals surface area contributed by atoms with Crippen molar-refractivity contribution in [1.82, 2.24) is 0 Å². The van der Waals surface area contributed by atoms with Crippen LogP contribution in [0.25, 0.3) is 11.1 Å². The number of hydrogen-bond acceptors (Lipinski definition) is 0. The van der Waals surface area contributed by atoms with Crippen LogP contribution in [0, 0.1) is 5.92 Å². The molecule has 1 aromatic rings. The average Bonchev–Trinajstić information content (AvgIpc) is 2.29. The Morgan fingerprint density at radius 2 is 1.94 bits per heavy atom. The molecule has 0 N–H and O–H groups in total. The molecule has 0 fully saturated rings. The Balaban J connectivity index is 2.24. The zero-order chi connectivity index (χ0) is 11.5. The lowest BCUT2D eigenvalue weighted by atomic mass is 9.88. The Bertz CT molecular complexity index is 406. The van der Waals surface area contributed by atoms with Crippen LogP contribution in [-0.4, -0.2) is 0 Å². The third-order valence-corrected chi connectivity index (χ3v) is 3.34. The van der Waals surface area contributed by atoms with E-state index in [4.69, 9.17) is 0 Å². The SMILES string of the molecule is C=C(C)c1ccc(C2=CC(C)CCC2)cc1. The Morgan fingerprint density at radius 3 is 2.50 bits per heavy atom. The molecule has 0 aliphatic heterocycles. The van der Waals surface area contributed by atoms with E-state index in [0.29, 0.717) is 0 Å². The minimum atomic E-state index is 0.740. The minimum absolute atomic E-state index is 0.740. The summed E-state index contributed by atoms with van der Waals surface area (Å²) in [6, 6.07) is 8.82. The van der Waals surface area contributed by atoms with Crippen LogP contribution >= 0.6 is 0 Å². The molecule has 0 saturated carbocycles. The molecular weight excluding hydrogens is 192 g/mol. The van der Waals surface area contributed by atoms with E-state index < -0.39 is 0 Å². The maximum atomic E-state index is 3.96. The Labute approximate surface area is 98.7 Å². The second kappa shape index (κ2) is 4.69. The van der Waals surface area contributed by atoms with E-state index in [0.717, 1.165) is 11.5 Å². The van der Waals surface area contributed by atoms with E-state index >= 15 is 0 Å². The fourth-order valence-electron chi connectivity index (χ4n) is 2.33. The van der Waals surface area contributed by atoms with E-state index in [-0.39, 0.29) is 0 Å². The topological polar surface area (TPSA) is 0 Å².